The highest BCUT2D eigenvalue weighted by molar-refractivity contribution is 5.89. The molecule has 0 amide bonds. The molecule has 4 nitrogen and oxygen atoms in total. The quantitative estimate of drug-likeness (QED) is 0.620. The first-order valence-electron chi connectivity index (χ1n) is 5.88. The van der Waals surface area contributed by atoms with Gasteiger partial charge in [-0.15, -0.1) is 0 Å². The molecule has 1 heterocycles. The summed E-state index contributed by atoms with van der Waals surface area (Å²) in [5.41, 5.74) is 3.06. The van der Waals surface area contributed by atoms with Crippen molar-refractivity contribution >= 4 is 5.97 Å². The van der Waals surface area contributed by atoms with E-state index in [2.05, 4.69) is 5.32 Å². The van der Waals surface area contributed by atoms with Gasteiger partial charge in [-0.2, -0.15) is 0 Å². The van der Waals surface area contributed by atoms with E-state index in [0.29, 0.717) is 25.4 Å². The molecule has 1 aliphatic rings. The molecule has 1 aromatic rings. The highest BCUT2D eigenvalue weighted by Crippen LogP contribution is 2.17. The van der Waals surface area contributed by atoms with Crippen molar-refractivity contribution in [3.8, 4) is 0 Å². The molecule has 1 N–H and O–H groups in total. The maximum absolute atomic E-state index is 11.7. The van der Waals surface area contributed by atoms with Gasteiger partial charge in [-0.05, 0) is 30.2 Å². The molecule has 0 aromatic heterocycles. The number of esters is 1. The lowest BCUT2D eigenvalue weighted by Gasteiger charge is -2.06. The Labute approximate surface area is 101 Å². The predicted molar refractivity (Wildman–Crippen MR) is 63.8 cm³/mol. The maximum Gasteiger partial charge on any atom is 0.338 e. The van der Waals surface area contributed by atoms with Crippen molar-refractivity contribution in [3.05, 3.63) is 34.9 Å². The molecule has 17 heavy (non-hydrogen) atoms. The van der Waals surface area contributed by atoms with Gasteiger partial charge in [-0.1, -0.05) is 6.07 Å². The Kier molecular flexibility index (Phi) is 4.12. The molecule has 0 saturated carbocycles. The first kappa shape index (κ1) is 12.1. The third-order valence-corrected chi connectivity index (χ3v) is 2.74. The molecule has 0 saturated heterocycles. The van der Waals surface area contributed by atoms with Crippen molar-refractivity contribution in [1.82, 2.24) is 5.32 Å². The number of benzene rings is 1. The number of rotatable bonds is 5. The summed E-state index contributed by atoms with van der Waals surface area (Å²) in [5.74, 6) is -0.278. The van der Waals surface area contributed by atoms with Gasteiger partial charge in [0.25, 0.3) is 0 Å². The first-order valence-corrected chi connectivity index (χ1v) is 5.88. The van der Waals surface area contributed by atoms with Gasteiger partial charge in [0.15, 0.2) is 0 Å². The highest BCUT2D eigenvalue weighted by atomic mass is 16.6. The monoisotopic (exact) mass is 235 g/mol. The van der Waals surface area contributed by atoms with Crippen molar-refractivity contribution in [2.45, 2.75) is 20.0 Å². The van der Waals surface area contributed by atoms with Gasteiger partial charge in [-0.25, -0.2) is 4.79 Å². The molecule has 0 atom stereocenters. The summed E-state index contributed by atoms with van der Waals surface area (Å²) < 4.78 is 10.2. The average molecular weight is 235 g/mol. The summed E-state index contributed by atoms with van der Waals surface area (Å²) in [4.78, 5) is 11.7. The normalized spacial score (nSPS) is 13.5. The average Bonchev–Trinajstić information content (AvgIpc) is 2.81. The van der Waals surface area contributed by atoms with E-state index < -0.39 is 0 Å². The van der Waals surface area contributed by atoms with Crippen molar-refractivity contribution < 1.29 is 14.3 Å². The van der Waals surface area contributed by atoms with Crippen molar-refractivity contribution in [2.24, 2.45) is 0 Å². The number of nitrogens with one attached hydrogen (secondary N) is 1. The fraction of sp³-hybridized carbons (Fsp3) is 0.462. The van der Waals surface area contributed by atoms with Crippen molar-refractivity contribution in [3.63, 3.8) is 0 Å². The number of hydrogen-bond donors (Lipinski definition) is 1. The summed E-state index contributed by atoms with van der Waals surface area (Å²) in [6, 6.07) is 5.70. The molecule has 0 spiro atoms. The second-order valence-corrected chi connectivity index (χ2v) is 3.92. The van der Waals surface area contributed by atoms with E-state index in [1.54, 1.807) is 0 Å². The van der Waals surface area contributed by atoms with Crippen LogP contribution in [0.3, 0.4) is 0 Å². The van der Waals surface area contributed by atoms with Gasteiger partial charge in [0.1, 0.15) is 6.61 Å². The Morgan fingerprint density at radius 1 is 1.29 bits per heavy atom. The van der Waals surface area contributed by atoms with Crippen LogP contribution in [-0.4, -0.2) is 25.8 Å². The molecule has 0 bridgehead atoms. The summed E-state index contributed by atoms with van der Waals surface area (Å²) >= 11 is 0. The lowest BCUT2D eigenvalue weighted by atomic mass is 10.1. The Balaban J connectivity index is 1.91. The smallest absolute Gasteiger partial charge is 0.338 e. The van der Waals surface area contributed by atoms with Crippen LogP contribution in [0.5, 0.6) is 0 Å². The molecule has 1 aliphatic heterocycles. The van der Waals surface area contributed by atoms with E-state index in [9.17, 15) is 4.79 Å². The molecule has 4 heteroatoms. The minimum atomic E-state index is -0.278. The van der Waals surface area contributed by atoms with Gasteiger partial charge in [0.05, 0.1) is 12.2 Å². The Hall–Kier alpha value is -1.39. The summed E-state index contributed by atoms with van der Waals surface area (Å²) in [6.45, 7) is 5.03. The predicted octanol–water partition coefficient (Wildman–Crippen LogP) is 1.48. The number of carbonyl (C=O) groups is 1. The standard InChI is InChI=1S/C13H17NO3/c1-2-16-5-6-17-13(15)10-3-4-11-8-14-9-12(11)7-10/h3-4,7,14H,2,5-6,8-9H2,1H3. The SMILES string of the molecule is CCOCCOC(=O)c1ccc2c(c1)CNC2. The second-order valence-electron chi connectivity index (χ2n) is 3.92. The summed E-state index contributed by atoms with van der Waals surface area (Å²) in [7, 11) is 0. The second kappa shape index (κ2) is 5.80. The minimum absolute atomic E-state index is 0.278. The van der Waals surface area contributed by atoms with Crippen LogP contribution in [0.25, 0.3) is 0 Å². The fourth-order valence-corrected chi connectivity index (χ4v) is 1.84. The topological polar surface area (TPSA) is 47.6 Å². The van der Waals surface area contributed by atoms with Gasteiger partial charge in [0, 0.05) is 19.7 Å². The Morgan fingerprint density at radius 2 is 2.12 bits per heavy atom. The van der Waals surface area contributed by atoms with E-state index in [-0.39, 0.29) is 5.97 Å². The van der Waals surface area contributed by atoms with Gasteiger partial charge >= 0.3 is 5.97 Å². The molecule has 92 valence electrons. The summed E-state index contributed by atoms with van der Waals surface area (Å²) in [6.07, 6.45) is 0. The van der Waals surface area contributed by atoms with Crippen molar-refractivity contribution in [2.75, 3.05) is 19.8 Å². The largest absolute Gasteiger partial charge is 0.460 e. The lowest BCUT2D eigenvalue weighted by molar-refractivity contribution is 0.0335. The maximum atomic E-state index is 11.7. The third-order valence-electron chi connectivity index (χ3n) is 2.74. The first-order chi connectivity index (χ1) is 8.31. The molecule has 2 rings (SSSR count). The Bertz CT molecular complexity index is 404. The molecule has 0 unspecified atom stereocenters. The molecular formula is C13H17NO3. The molecule has 0 radical (unpaired) electrons. The molecule has 0 fully saturated rings. The van der Waals surface area contributed by atoms with Crippen LogP contribution in [0.4, 0.5) is 0 Å². The van der Waals surface area contributed by atoms with Crippen LogP contribution in [-0.2, 0) is 22.6 Å². The van der Waals surface area contributed by atoms with Crippen LogP contribution < -0.4 is 5.32 Å². The lowest BCUT2D eigenvalue weighted by Crippen LogP contribution is -2.11. The number of carbonyl (C=O) groups excluding carboxylic acids is 1. The Morgan fingerprint density at radius 3 is 2.94 bits per heavy atom. The van der Waals surface area contributed by atoms with E-state index in [1.165, 1.54) is 11.1 Å². The van der Waals surface area contributed by atoms with Gasteiger partial charge in [0.2, 0.25) is 0 Å². The van der Waals surface area contributed by atoms with Gasteiger partial charge < -0.3 is 14.8 Å². The van der Waals surface area contributed by atoms with Crippen LogP contribution in [0.1, 0.15) is 28.4 Å². The third kappa shape index (κ3) is 3.05. The van der Waals surface area contributed by atoms with Crippen molar-refractivity contribution in [1.29, 1.82) is 0 Å². The zero-order valence-corrected chi connectivity index (χ0v) is 9.99. The van der Waals surface area contributed by atoms with Crippen LogP contribution in [0, 0.1) is 0 Å². The fourth-order valence-electron chi connectivity index (χ4n) is 1.84. The molecule has 1 aromatic carbocycles. The number of ether oxygens (including phenoxy) is 2. The summed E-state index contributed by atoms with van der Waals surface area (Å²) in [5, 5.41) is 3.24. The number of fused-ring (bicyclic) bond motifs is 1. The van der Waals surface area contributed by atoms with Crippen LogP contribution in [0.2, 0.25) is 0 Å². The van der Waals surface area contributed by atoms with Gasteiger partial charge in [-0.3, -0.25) is 0 Å². The van der Waals surface area contributed by atoms with Crippen LogP contribution in [0.15, 0.2) is 18.2 Å². The number of hydrogen-bond acceptors (Lipinski definition) is 4. The van der Waals surface area contributed by atoms with E-state index in [0.717, 1.165) is 13.1 Å². The molecular weight excluding hydrogens is 218 g/mol. The minimum Gasteiger partial charge on any atom is -0.460 e. The van der Waals surface area contributed by atoms with E-state index in [1.807, 2.05) is 25.1 Å². The van der Waals surface area contributed by atoms with E-state index >= 15 is 0 Å². The zero-order chi connectivity index (χ0) is 12.1. The van der Waals surface area contributed by atoms with Crippen LogP contribution >= 0.6 is 0 Å². The zero-order valence-electron chi connectivity index (χ0n) is 9.99. The van der Waals surface area contributed by atoms with E-state index in [4.69, 9.17) is 9.47 Å². The molecule has 0 aliphatic carbocycles. The highest BCUT2D eigenvalue weighted by Gasteiger charge is 2.13.